The molecule has 0 aromatic carbocycles. The van der Waals surface area contributed by atoms with Gasteiger partial charge >= 0.3 is 0 Å². The molecule has 0 heterocycles. The molecule has 0 bridgehead atoms. The average Bonchev–Trinajstić information content (AvgIpc) is 2.12. The fourth-order valence-electron chi connectivity index (χ4n) is 1.33. The van der Waals surface area contributed by atoms with Gasteiger partial charge in [-0.05, 0) is 20.3 Å². The van der Waals surface area contributed by atoms with Crippen molar-refractivity contribution in [2.24, 2.45) is 11.1 Å². The van der Waals surface area contributed by atoms with Crippen LogP contribution in [0.4, 0.5) is 0 Å². The lowest BCUT2D eigenvalue weighted by atomic mass is 9.71. The fraction of sp³-hybridized carbons (Fsp3) is 0.917. The van der Waals surface area contributed by atoms with Crippen LogP contribution in [0.3, 0.4) is 0 Å². The Labute approximate surface area is 105 Å². The molecule has 0 fully saturated rings. The summed E-state index contributed by atoms with van der Waals surface area (Å²) in [5, 5.41) is 0. The van der Waals surface area contributed by atoms with Crippen LogP contribution < -0.4 is 5.73 Å². The Balaban J connectivity index is 4.59. The maximum Gasteiger partial charge on any atom is 0.150 e. The van der Waals surface area contributed by atoms with Gasteiger partial charge in [-0.25, -0.2) is 8.42 Å². The van der Waals surface area contributed by atoms with Gasteiger partial charge < -0.3 is 5.73 Å². The zero-order chi connectivity index (χ0) is 13.9. The van der Waals surface area contributed by atoms with E-state index in [1.54, 1.807) is 27.7 Å². The van der Waals surface area contributed by atoms with Crippen molar-refractivity contribution < 1.29 is 13.2 Å². The maximum absolute atomic E-state index is 12.0. The second-order valence-corrected chi connectivity index (χ2v) is 7.98. The van der Waals surface area contributed by atoms with Crippen molar-refractivity contribution in [1.29, 1.82) is 0 Å². The van der Waals surface area contributed by atoms with Crippen molar-refractivity contribution in [3.63, 3.8) is 0 Å². The van der Waals surface area contributed by atoms with Crippen molar-refractivity contribution in [2.45, 2.75) is 53.0 Å². The molecule has 0 aliphatic heterocycles. The summed E-state index contributed by atoms with van der Waals surface area (Å²) in [6, 6.07) is 0. The summed E-state index contributed by atoms with van der Waals surface area (Å²) in [5.74, 6) is -0.0176. The molecule has 0 atom stereocenters. The molecule has 0 amide bonds. The number of hydrogen-bond donors (Lipinski definition) is 1. The standard InChI is InChI=1S/C12H25NO3S/c1-6-8-17(15,16)9-7-10(14)11(2,3)12(4,5)13/h6-9,13H2,1-5H3. The van der Waals surface area contributed by atoms with Crippen molar-refractivity contribution >= 4 is 15.6 Å². The molecular formula is C12H25NO3S. The van der Waals surface area contributed by atoms with E-state index in [-0.39, 0.29) is 23.7 Å². The highest BCUT2D eigenvalue weighted by atomic mass is 32.2. The molecule has 0 spiro atoms. The van der Waals surface area contributed by atoms with Gasteiger partial charge in [0, 0.05) is 23.1 Å². The molecule has 5 heteroatoms. The summed E-state index contributed by atoms with van der Waals surface area (Å²) >= 11 is 0. The Hall–Kier alpha value is -0.420. The quantitative estimate of drug-likeness (QED) is 0.755. The van der Waals surface area contributed by atoms with Crippen molar-refractivity contribution in [1.82, 2.24) is 0 Å². The SMILES string of the molecule is CCCS(=O)(=O)CCC(=O)C(C)(C)C(C)(C)N. The normalized spacial score (nSPS) is 13.8. The van der Waals surface area contributed by atoms with E-state index in [1.165, 1.54) is 0 Å². The van der Waals surface area contributed by atoms with Crippen LogP contribution in [-0.2, 0) is 14.6 Å². The summed E-state index contributed by atoms with van der Waals surface area (Å²) in [4.78, 5) is 12.0. The first-order valence-corrected chi connectivity index (χ1v) is 7.79. The number of sulfone groups is 1. The highest BCUT2D eigenvalue weighted by Gasteiger charge is 2.39. The lowest BCUT2D eigenvalue weighted by Gasteiger charge is -2.37. The van der Waals surface area contributed by atoms with E-state index in [4.69, 9.17) is 5.73 Å². The zero-order valence-electron chi connectivity index (χ0n) is 11.5. The zero-order valence-corrected chi connectivity index (χ0v) is 12.4. The number of ketones is 1. The highest BCUT2D eigenvalue weighted by molar-refractivity contribution is 7.91. The van der Waals surface area contributed by atoms with E-state index in [0.29, 0.717) is 6.42 Å². The van der Waals surface area contributed by atoms with Gasteiger partial charge in [-0.15, -0.1) is 0 Å². The second-order valence-electron chi connectivity index (χ2n) is 5.67. The molecule has 17 heavy (non-hydrogen) atoms. The van der Waals surface area contributed by atoms with Gasteiger partial charge in [0.25, 0.3) is 0 Å². The Morgan fingerprint density at radius 2 is 1.59 bits per heavy atom. The van der Waals surface area contributed by atoms with E-state index >= 15 is 0 Å². The van der Waals surface area contributed by atoms with Crippen LogP contribution >= 0.6 is 0 Å². The van der Waals surface area contributed by atoms with E-state index in [0.717, 1.165) is 0 Å². The smallest absolute Gasteiger partial charge is 0.150 e. The van der Waals surface area contributed by atoms with Gasteiger partial charge in [-0.3, -0.25) is 4.79 Å². The molecule has 0 aliphatic rings. The van der Waals surface area contributed by atoms with Crippen LogP contribution in [0.5, 0.6) is 0 Å². The van der Waals surface area contributed by atoms with Crippen LogP contribution in [-0.4, -0.2) is 31.2 Å². The monoisotopic (exact) mass is 263 g/mol. The molecule has 4 nitrogen and oxygen atoms in total. The first-order valence-electron chi connectivity index (χ1n) is 5.96. The van der Waals surface area contributed by atoms with Crippen molar-refractivity contribution in [2.75, 3.05) is 11.5 Å². The van der Waals surface area contributed by atoms with Crippen LogP contribution in [0, 0.1) is 5.41 Å². The number of hydrogen-bond acceptors (Lipinski definition) is 4. The van der Waals surface area contributed by atoms with Gasteiger partial charge in [0.15, 0.2) is 9.84 Å². The van der Waals surface area contributed by atoms with Crippen LogP contribution in [0.15, 0.2) is 0 Å². The first kappa shape index (κ1) is 16.6. The molecule has 0 unspecified atom stereocenters. The number of rotatable bonds is 7. The summed E-state index contributed by atoms with van der Waals surface area (Å²) in [5.41, 5.74) is 4.57. The molecule has 0 aromatic heterocycles. The van der Waals surface area contributed by atoms with E-state index < -0.39 is 20.8 Å². The summed E-state index contributed by atoms with van der Waals surface area (Å²) < 4.78 is 23.1. The maximum atomic E-state index is 12.0. The van der Waals surface area contributed by atoms with Crippen molar-refractivity contribution in [3.05, 3.63) is 0 Å². The summed E-state index contributed by atoms with van der Waals surface area (Å²) in [6.07, 6.45) is 0.637. The third-order valence-corrected chi connectivity index (χ3v) is 5.32. The van der Waals surface area contributed by atoms with E-state index in [2.05, 4.69) is 0 Å². The number of nitrogens with two attached hydrogens (primary N) is 1. The van der Waals surface area contributed by atoms with Gasteiger partial charge in [0.1, 0.15) is 5.78 Å². The molecule has 2 N–H and O–H groups in total. The molecular weight excluding hydrogens is 238 g/mol. The van der Waals surface area contributed by atoms with Gasteiger partial charge in [0.2, 0.25) is 0 Å². The third kappa shape index (κ3) is 4.76. The van der Waals surface area contributed by atoms with Crippen molar-refractivity contribution in [3.8, 4) is 0 Å². The molecule has 102 valence electrons. The predicted octanol–water partition coefficient (Wildman–Crippen LogP) is 1.53. The minimum atomic E-state index is -3.09. The average molecular weight is 263 g/mol. The molecule has 0 saturated heterocycles. The molecule has 0 aromatic rings. The number of Topliss-reactive ketones (excluding diaryl/α,β-unsaturated/α-hetero) is 1. The largest absolute Gasteiger partial charge is 0.325 e. The lowest BCUT2D eigenvalue weighted by Crippen LogP contribution is -2.52. The Morgan fingerprint density at radius 1 is 1.12 bits per heavy atom. The third-order valence-electron chi connectivity index (χ3n) is 3.46. The predicted molar refractivity (Wildman–Crippen MR) is 70.6 cm³/mol. The molecule has 0 aliphatic carbocycles. The number of carbonyl (C=O) groups is 1. The van der Waals surface area contributed by atoms with Crippen LogP contribution in [0.2, 0.25) is 0 Å². The second kappa shape index (κ2) is 5.48. The molecule has 0 saturated carbocycles. The van der Waals surface area contributed by atoms with Crippen LogP contribution in [0.1, 0.15) is 47.5 Å². The van der Waals surface area contributed by atoms with Gasteiger partial charge in [0.05, 0.1) is 5.75 Å². The highest BCUT2D eigenvalue weighted by Crippen LogP contribution is 2.30. The lowest BCUT2D eigenvalue weighted by molar-refractivity contribution is -0.129. The minimum absolute atomic E-state index is 0.0516. The van der Waals surface area contributed by atoms with E-state index in [1.807, 2.05) is 6.92 Å². The summed E-state index contributed by atoms with van der Waals surface area (Å²) in [6.45, 7) is 8.91. The van der Waals surface area contributed by atoms with Crippen LogP contribution in [0.25, 0.3) is 0 Å². The molecule has 0 radical (unpaired) electrons. The Bertz CT molecular complexity index is 364. The molecule has 0 rings (SSSR count). The van der Waals surface area contributed by atoms with Gasteiger partial charge in [-0.1, -0.05) is 20.8 Å². The summed E-state index contributed by atoms with van der Waals surface area (Å²) in [7, 11) is -3.09. The Morgan fingerprint density at radius 3 is 1.94 bits per heavy atom. The minimum Gasteiger partial charge on any atom is -0.325 e. The first-order chi connectivity index (χ1) is 7.44. The Kier molecular flexibility index (Phi) is 5.35. The van der Waals surface area contributed by atoms with Gasteiger partial charge in [-0.2, -0.15) is 0 Å². The topological polar surface area (TPSA) is 77.2 Å². The fourth-order valence-corrected chi connectivity index (χ4v) is 2.66. The van der Waals surface area contributed by atoms with E-state index in [9.17, 15) is 13.2 Å². The number of carbonyl (C=O) groups excluding carboxylic acids is 1.